The summed E-state index contributed by atoms with van der Waals surface area (Å²) in [6, 6.07) is 0. The molecule has 0 amide bonds. The van der Waals surface area contributed by atoms with E-state index in [1.54, 1.807) is 10.9 Å². The minimum atomic E-state index is 0. The van der Waals surface area contributed by atoms with Crippen molar-refractivity contribution in [2.24, 2.45) is 11.5 Å². The van der Waals surface area contributed by atoms with Gasteiger partial charge in [-0.25, -0.2) is 0 Å². The first-order valence-corrected chi connectivity index (χ1v) is 2.80. The average Bonchev–Trinajstić information content (AvgIpc) is 1.89. The molecule has 0 atom stereocenters. The Kier molecular flexibility index (Phi) is 34.0. The number of hydrogen-bond donors (Lipinski definition) is 4. The molecular weight excluding hydrogens is 566 g/mol. The summed E-state index contributed by atoms with van der Waals surface area (Å²) in [5, 5.41) is 0.00926. The number of rotatable bonds is 0. The largest absolute Gasteiger partial charge is 1.00 e. The minimum absolute atomic E-state index is 0. The van der Waals surface area contributed by atoms with Crippen LogP contribution < -0.4 is 22.3 Å². The molecule has 0 rings (SSSR count). The molecule has 0 radical (unpaired) electrons. The summed E-state index contributed by atoms with van der Waals surface area (Å²) in [6.07, 6.45) is 0. The van der Waals surface area contributed by atoms with Crippen LogP contribution >= 0.6 is 24.4 Å². The van der Waals surface area contributed by atoms with E-state index in [0.29, 0.717) is 0 Å². The summed E-state index contributed by atoms with van der Waals surface area (Å²) in [5.74, 6) is 12.3. The first-order valence-electron chi connectivity index (χ1n) is 1.99. The van der Waals surface area contributed by atoms with Gasteiger partial charge in [0.25, 0.3) is 0 Å². The molecule has 0 aliphatic heterocycles. The monoisotopic (exact) mass is 574 g/mol. The predicted molar refractivity (Wildman–Crippen MR) is 48.5 cm³/mol. The molecule has 10 heteroatoms. The summed E-state index contributed by atoms with van der Waals surface area (Å²) in [4.78, 5) is 0. The van der Waals surface area contributed by atoms with Crippen molar-refractivity contribution < 1.29 is 44.8 Å². The van der Waals surface area contributed by atoms with E-state index in [2.05, 4.69) is 24.4 Å². The van der Waals surface area contributed by atoms with E-state index in [0.717, 1.165) is 0 Å². The molecule has 0 fully saturated rings. The van der Waals surface area contributed by atoms with Crippen LogP contribution in [0, 0.1) is 0 Å². The van der Waals surface area contributed by atoms with Gasteiger partial charge in [-0.3, -0.25) is 0 Å². The van der Waals surface area contributed by atoms with Crippen molar-refractivity contribution in [1.29, 1.82) is 0 Å². The van der Waals surface area contributed by atoms with Crippen molar-refractivity contribution in [2.45, 2.75) is 0 Å². The molecule has 12 heavy (non-hydrogen) atoms. The third kappa shape index (κ3) is 45.1. The van der Waals surface area contributed by atoms with Gasteiger partial charge < -0.3 is 34.0 Å². The first kappa shape index (κ1) is 23.0. The standard InChI is InChI=1S/2CH4N3S.2Au/c2*2-1(5)4-3;;/h2*3H,(H3,2,4,5);;/q2*-1;2*+1. The fourth-order valence-corrected chi connectivity index (χ4v) is 0. The molecule has 8 N–H and O–H groups in total. The van der Waals surface area contributed by atoms with Crippen molar-refractivity contribution >= 4 is 34.7 Å². The van der Waals surface area contributed by atoms with Crippen LogP contribution in [-0.4, -0.2) is 10.2 Å². The van der Waals surface area contributed by atoms with Crippen LogP contribution in [0.4, 0.5) is 0 Å². The van der Waals surface area contributed by atoms with Crippen LogP contribution in [0.5, 0.6) is 0 Å². The molecule has 0 unspecified atom stereocenters. The van der Waals surface area contributed by atoms with Gasteiger partial charge in [-0.2, -0.15) is 0 Å². The summed E-state index contributed by atoms with van der Waals surface area (Å²) < 4.78 is 0. The molecular formula is C2H8Au2N6S2. The van der Waals surface area contributed by atoms with Gasteiger partial charge in [-0.15, -0.1) is 0 Å². The van der Waals surface area contributed by atoms with Gasteiger partial charge in [0.1, 0.15) is 10.2 Å². The third-order valence-corrected chi connectivity index (χ3v) is 0.451. The zero-order valence-corrected chi connectivity index (χ0v) is 11.5. The van der Waals surface area contributed by atoms with E-state index in [4.69, 9.17) is 23.2 Å². The fraction of sp³-hybridized carbons (Fsp3) is 0. The fourth-order valence-electron chi connectivity index (χ4n) is 0. The molecule has 0 aromatic carbocycles. The second kappa shape index (κ2) is 17.8. The molecule has 0 spiro atoms. The summed E-state index contributed by atoms with van der Waals surface area (Å²) in [6.45, 7) is 0. The van der Waals surface area contributed by atoms with Gasteiger partial charge in [0, 0.05) is 0 Å². The van der Waals surface area contributed by atoms with Gasteiger partial charge in [-0.1, -0.05) is 0 Å². The minimum Gasteiger partial charge on any atom is -0.584 e. The van der Waals surface area contributed by atoms with Crippen molar-refractivity contribution in [2.75, 3.05) is 0 Å². The summed E-state index contributed by atoms with van der Waals surface area (Å²) >= 11 is 8.35. The Bertz CT molecular complexity index is 106. The van der Waals surface area contributed by atoms with Crippen molar-refractivity contribution in [3.05, 3.63) is 11.7 Å². The van der Waals surface area contributed by atoms with Crippen LogP contribution in [-0.2, 0) is 44.8 Å². The summed E-state index contributed by atoms with van der Waals surface area (Å²) in [5.41, 5.74) is 13.0. The molecule has 0 aromatic rings. The number of hydrogen-bond acceptors (Lipinski definition) is 2. The van der Waals surface area contributed by atoms with Crippen LogP contribution in [0.15, 0.2) is 0 Å². The van der Waals surface area contributed by atoms with E-state index in [1.165, 1.54) is 0 Å². The number of thiocarbonyl (C=S) groups is 2. The molecule has 0 aliphatic carbocycles. The Balaban J connectivity index is -0.0000000457. The number of nitrogens with one attached hydrogen (secondary N) is 4. The Morgan fingerprint density at radius 1 is 0.917 bits per heavy atom. The quantitative estimate of drug-likeness (QED) is 0.177. The van der Waals surface area contributed by atoms with Gasteiger partial charge in [0.05, 0.1) is 0 Å². The van der Waals surface area contributed by atoms with Crippen molar-refractivity contribution in [3.8, 4) is 0 Å². The second-order valence-electron chi connectivity index (χ2n) is 0.979. The molecule has 6 nitrogen and oxygen atoms in total. The maximum absolute atomic E-state index is 6.14. The van der Waals surface area contributed by atoms with Crippen LogP contribution in [0.2, 0.25) is 0 Å². The Labute approximate surface area is 112 Å². The van der Waals surface area contributed by atoms with Crippen LogP contribution in [0.1, 0.15) is 0 Å². The van der Waals surface area contributed by atoms with E-state index in [9.17, 15) is 0 Å². The van der Waals surface area contributed by atoms with E-state index in [-0.39, 0.29) is 55.0 Å². The molecule has 0 aliphatic rings. The first-order chi connectivity index (χ1) is 4.54. The molecule has 0 saturated carbocycles. The van der Waals surface area contributed by atoms with Crippen molar-refractivity contribution in [1.82, 2.24) is 10.9 Å². The average molecular weight is 574 g/mol. The Morgan fingerprint density at radius 3 is 1.00 bits per heavy atom. The van der Waals surface area contributed by atoms with Gasteiger partial charge in [0.2, 0.25) is 0 Å². The van der Waals surface area contributed by atoms with E-state index >= 15 is 0 Å². The zero-order chi connectivity index (χ0) is 8.57. The third-order valence-electron chi connectivity index (χ3n) is 0.246. The summed E-state index contributed by atoms with van der Waals surface area (Å²) in [7, 11) is 0. The van der Waals surface area contributed by atoms with Gasteiger partial charge >= 0.3 is 44.8 Å². The van der Waals surface area contributed by atoms with Gasteiger partial charge in [0.15, 0.2) is 0 Å². The van der Waals surface area contributed by atoms with Crippen molar-refractivity contribution in [3.63, 3.8) is 0 Å². The zero-order valence-electron chi connectivity index (χ0n) is 5.57. The smallest absolute Gasteiger partial charge is 0.584 e. The molecule has 0 aromatic heterocycles. The van der Waals surface area contributed by atoms with Crippen LogP contribution in [0.3, 0.4) is 0 Å². The van der Waals surface area contributed by atoms with E-state index in [1.807, 2.05) is 0 Å². The maximum atomic E-state index is 6.14. The number of nitrogens with two attached hydrogens (primary N) is 2. The Hall–Kier alpha value is 0.781. The van der Waals surface area contributed by atoms with E-state index < -0.39 is 0 Å². The van der Waals surface area contributed by atoms with Gasteiger partial charge in [-0.05, 0) is 24.4 Å². The molecule has 0 saturated heterocycles. The molecule has 80 valence electrons. The second-order valence-corrected chi connectivity index (χ2v) is 1.86. The van der Waals surface area contributed by atoms with Crippen LogP contribution in [0.25, 0.3) is 11.7 Å². The predicted octanol–water partition coefficient (Wildman–Crippen LogP) is -0.431. The molecule has 0 bridgehead atoms. The topological polar surface area (TPSA) is 124 Å². The normalized spacial score (nSPS) is 5.50. The Morgan fingerprint density at radius 2 is 1.00 bits per heavy atom. The molecule has 0 heterocycles. The SMILES string of the molecule is [Au+].[Au+].[NH-]NC(N)=S.[NH-]NC(N)=S. The maximum Gasteiger partial charge on any atom is 1.00 e.